The molecule has 0 unspecified atom stereocenters. The molecule has 0 fully saturated rings. The molecule has 1 N–H and O–H groups in total. The van der Waals surface area contributed by atoms with E-state index in [0.717, 1.165) is 0 Å². The van der Waals surface area contributed by atoms with Gasteiger partial charge in [0.1, 0.15) is 17.5 Å². The predicted octanol–water partition coefficient (Wildman–Crippen LogP) is 4.82. The fourth-order valence-corrected chi connectivity index (χ4v) is 6.24. The summed E-state index contributed by atoms with van der Waals surface area (Å²) < 4.78 is 14.4. The topological polar surface area (TPSA) is 90.1 Å². The zero-order valence-electron chi connectivity index (χ0n) is 20.0. The van der Waals surface area contributed by atoms with Gasteiger partial charge in [-0.15, -0.1) is 0 Å². The van der Waals surface area contributed by atoms with Crippen LogP contribution in [0.5, 0.6) is 11.5 Å². The lowest BCUT2D eigenvalue weighted by molar-refractivity contribution is -0.139. The van der Waals surface area contributed by atoms with Crippen LogP contribution in [0.3, 0.4) is 0 Å². The molecule has 36 heavy (non-hydrogen) atoms. The van der Waals surface area contributed by atoms with E-state index in [0.29, 0.717) is 46.4 Å². The Morgan fingerprint density at radius 2 is 1.92 bits per heavy atom. The second-order valence-corrected chi connectivity index (χ2v) is 11.1. The van der Waals surface area contributed by atoms with Crippen LogP contribution in [-0.2, 0) is 9.53 Å². The van der Waals surface area contributed by atoms with Crippen LogP contribution in [0, 0.1) is 0 Å². The number of ether oxygens (including phenoxy) is 2. The first kappa shape index (κ1) is 26.4. The number of rotatable bonds is 6. The highest BCUT2D eigenvalue weighted by molar-refractivity contribution is 9.11. The number of allylic oxidation sites excluding steroid dienone is 1. The average molecular weight is 636 g/mol. The normalized spacial score (nSPS) is 15.6. The number of benzene rings is 2. The first-order chi connectivity index (χ1) is 17.1. The fourth-order valence-electron chi connectivity index (χ4n) is 3.97. The molecule has 1 atom stereocenters. The van der Waals surface area contributed by atoms with Crippen LogP contribution in [0.15, 0.2) is 66.4 Å². The van der Waals surface area contributed by atoms with Gasteiger partial charge in [-0.25, -0.2) is 9.79 Å². The maximum Gasteiger partial charge on any atom is 0.338 e. The van der Waals surface area contributed by atoms with Gasteiger partial charge in [0, 0.05) is 5.56 Å². The Kier molecular flexibility index (Phi) is 7.87. The van der Waals surface area contributed by atoms with Crippen LogP contribution in [0.4, 0.5) is 0 Å². The average Bonchev–Trinajstić information content (AvgIpc) is 3.11. The molecule has 0 saturated heterocycles. The number of phenols is 1. The lowest BCUT2D eigenvalue weighted by atomic mass is 9.95. The first-order valence-electron chi connectivity index (χ1n) is 11.3. The monoisotopic (exact) mass is 634 g/mol. The molecule has 0 aliphatic carbocycles. The molecule has 0 spiro atoms. The summed E-state index contributed by atoms with van der Waals surface area (Å²) in [6.07, 6.45) is 1.62. The molecule has 0 radical (unpaired) electrons. The molecule has 10 heteroatoms. The number of para-hydroxylation sites is 1. The van der Waals surface area contributed by atoms with E-state index in [2.05, 4.69) is 36.9 Å². The molecular formula is C26H24Br2N2O5S. The van der Waals surface area contributed by atoms with Crippen molar-refractivity contribution in [1.29, 1.82) is 0 Å². The summed E-state index contributed by atoms with van der Waals surface area (Å²) in [6.45, 7) is 7.52. The summed E-state index contributed by atoms with van der Waals surface area (Å²) in [5, 5.41) is 10.0. The van der Waals surface area contributed by atoms with Gasteiger partial charge < -0.3 is 14.6 Å². The SMILES string of the molecule is CCOC(=O)C1=C(C)N=c2s/c(=C/c3cc(Br)c(O)c(Br)c3)c(=O)n2[C@H]1c1ccccc1OC(C)C. The van der Waals surface area contributed by atoms with Gasteiger partial charge in [-0.1, -0.05) is 29.5 Å². The van der Waals surface area contributed by atoms with Crippen molar-refractivity contribution < 1.29 is 19.4 Å². The smallest absolute Gasteiger partial charge is 0.338 e. The van der Waals surface area contributed by atoms with Gasteiger partial charge in [0.15, 0.2) is 4.80 Å². The number of thiazole rings is 1. The van der Waals surface area contributed by atoms with E-state index in [1.807, 2.05) is 38.1 Å². The van der Waals surface area contributed by atoms with Crippen LogP contribution in [0.2, 0.25) is 0 Å². The third-order valence-corrected chi connectivity index (χ3v) is 7.62. The van der Waals surface area contributed by atoms with Crippen LogP contribution >= 0.6 is 43.2 Å². The molecule has 1 aliphatic heterocycles. The van der Waals surface area contributed by atoms with Crippen molar-refractivity contribution in [2.75, 3.05) is 6.61 Å². The maximum atomic E-state index is 13.8. The Bertz CT molecular complexity index is 1530. The lowest BCUT2D eigenvalue weighted by Crippen LogP contribution is -2.40. The highest BCUT2D eigenvalue weighted by Gasteiger charge is 2.35. The summed E-state index contributed by atoms with van der Waals surface area (Å²) in [6, 6.07) is 10.1. The third kappa shape index (κ3) is 5.07. The second-order valence-electron chi connectivity index (χ2n) is 8.34. The first-order valence-corrected chi connectivity index (χ1v) is 13.7. The van der Waals surface area contributed by atoms with Gasteiger partial charge >= 0.3 is 5.97 Å². The molecular weight excluding hydrogens is 612 g/mol. The van der Waals surface area contributed by atoms with E-state index in [1.165, 1.54) is 15.9 Å². The number of carbonyl (C=O) groups excluding carboxylic acids is 1. The molecule has 0 bridgehead atoms. The zero-order valence-corrected chi connectivity index (χ0v) is 24.0. The quantitative estimate of drug-likeness (QED) is 0.393. The molecule has 1 aromatic heterocycles. The molecule has 188 valence electrons. The lowest BCUT2D eigenvalue weighted by Gasteiger charge is -2.26. The highest BCUT2D eigenvalue weighted by Crippen LogP contribution is 2.36. The van der Waals surface area contributed by atoms with Gasteiger partial charge in [-0.05, 0) is 89.4 Å². The number of nitrogens with zero attached hydrogens (tertiary/aromatic N) is 2. The molecule has 1 aliphatic rings. The van der Waals surface area contributed by atoms with Crippen molar-refractivity contribution in [1.82, 2.24) is 4.57 Å². The summed E-state index contributed by atoms with van der Waals surface area (Å²) in [7, 11) is 0. The summed E-state index contributed by atoms with van der Waals surface area (Å²) in [5.74, 6) is 0.129. The van der Waals surface area contributed by atoms with Crippen LogP contribution in [0.1, 0.15) is 44.9 Å². The molecule has 7 nitrogen and oxygen atoms in total. The van der Waals surface area contributed by atoms with Gasteiger partial charge in [0.05, 0.1) is 37.5 Å². The number of fused-ring (bicyclic) bond motifs is 1. The number of phenolic OH excluding ortho intramolecular Hbond substituents is 1. The van der Waals surface area contributed by atoms with E-state index in [1.54, 1.807) is 32.1 Å². The van der Waals surface area contributed by atoms with Gasteiger partial charge in [0.25, 0.3) is 5.56 Å². The van der Waals surface area contributed by atoms with Crippen LogP contribution in [-0.4, -0.2) is 28.4 Å². The van der Waals surface area contributed by atoms with Gasteiger partial charge in [-0.2, -0.15) is 0 Å². The number of hydrogen-bond acceptors (Lipinski definition) is 7. The number of esters is 1. The Labute approximate surface area is 228 Å². The number of halogens is 2. The maximum absolute atomic E-state index is 13.8. The number of aromatic hydroxyl groups is 1. The standard InChI is InChI=1S/C26H24Br2N2O5S/c1-5-34-25(33)21-14(4)29-26-30(22(21)16-8-6-7-9-19(16)35-13(2)3)24(32)20(36-26)12-15-10-17(27)23(31)18(28)11-15/h6-13,22,31H,5H2,1-4H3/b20-12+/t22-/m0/s1. The van der Waals surface area contributed by atoms with Gasteiger partial charge in [-0.3, -0.25) is 9.36 Å². The van der Waals surface area contributed by atoms with E-state index >= 15 is 0 Å². The Hall–Kier alpha value is -2.69. The Morgan fingerprint density at radius 1 is 1.25 bits per heavy atom. The third-order valence-electron chi connectivity index (χ3n) is 5.43. The Balaban J connectivity index is 1.99. The minimum atomic E-state index is -0.768. The van der Waals surface area contributed by atoms with Crippen LogP contribution < -0.4 is 19.6 Å². The molecule has 4 rings (SSSR count). The van der Waals surface area contributed by atoms with Crippen molar-refractivity contribution in [3.8, 4) is 11.5 Å². The molecule has 3 aromatic rings. The minimum absolute atomic E-state index is 0.0741. The van der Waals surface area contributed by atoms with Gasteiger partial charge in [0.2, 0.25) is 0 Å². The molecule has 2 aromatic carbocycles. The van der Waals surface area contributed by atoms with Crippen molar-refractivity contribution >= 4 is 55.2 Å². The van der Waals surface area contributed by atoms with E-state index < -0.39 is 12.0 Å². The largest absolute Gasteiger partial charge is 0.506 e. The highest BCUT2D eigenvalue weighted by atomic mass is 79.9. The fraction of sp³-hybridized carbons (Fsp3) is 0.269. The van der Waals surface area contributed by atoms with Crippen molar-refractivity contribution in [3.63, 3.8) is 0 Å². The van der Waals surface area contributed by atoms with E-state index in [-0.39, 0.29) is 24.0 Å². The number of aromatic nitrogens is 1. The molecule has 0 amide bonds. The van der Waals surface area contributed by atoms with Crippen LogP contribution in [0.25, 0.3) is 6.08 Å². The minimum Gasteiger partial charge on any atom is -0.506 e. The van der Waals surface area contributed by atoms with Crippen molar-refractivity contribution in [2.45, 2.75) is 39.8 Å². The Morgan fingerprint density at radius 3 is 2.56 bits per heavy atom. The predicted molar refractivity (Wildman–Crippen MR) is 146 cm³/mol. The zero-order chi connectivity index (χ0) is 26.1. The summed E-state index contributed by atoms with van der Waals surface area (Å²) >= 11 is 7.89. The number of hydrogen-bond donors (Lipinski definition) is 1. The van der Waals surface area contributed by atoms with E-state index in [4.69, 9.17) is 9.47 Å². The number of carbonyl (C=O) groups is 1. The summed E-state index contributed by atoms with van der Waals surface area (Å²) in [5.41, 5.74) is 1.87. The van der Waals surface area contributed by atoms with Crippen molar-refractivity contribution in [3.05, 3.63) is 87.4 Å². The molecule has 0 saturated carbocycles. The second kappa shape index (κ2) is 10.7. The van der Waals surface area contributed by atoms with Crippen molar-refractivity contribution in [2.24, 2.45) is 4.99 Å². The summed E-state index contributed by atoms with van der Waals surface area (Å²) in [4.78, 5) is 32.0. The molecule has 2 heterocycles. The van der Waals surface area contributed by atoms with E-state index in [9.17, 15) is 14.7 Å².